The highest BCUT2D eigenvalue weighted by Gasteiger charge is 2.24. The van der Waals surface area contributed by atoms with Crippen LogP contribution in [0.4, 0.5) is 5.82 Å². The summed E-state index contributed by atoms with van der Waals surface area (Å²) in [5.74, 6) is 1.19. The second-order valence-corrected chi connectivity index (χ2v) is 7.38. The van der Waals surface area contributed by atoms with Crippen LogP contribution in [0.15, 0.2) is 30.3 Å². The van der Waals surface area contributed by atoms with E-state index in [-0.39, 0.29) is 5.91 Å². The second kappa shape index (κ2) is 6.85. The van der Waals surface area contributed by atoms with E-state index in [4.69, 9.17) is 21.7 Å². The molecule has 0 atom stereocenters. The van der Waals surface area contributed by atoms with Gasteiger partial charge >= 0.3 is 0 Å². The first-order valence-corrected chi connectivity index (χ1v) is 9.45. The lowest BCUT2D eigenvalue weighted by Crippen LogP contribution is -2.48. The molecule has 140 valence electrons. The van der Waals surface area contributed by atoms with Crippen LogP contribution in [-0.2, 0) is 4.79 Å². The number of piperazine rings is 1. The molecule has 7 heteroatoms. The van der Waals surface area contributed by atoms with Gasteiger partial charge in [-0.05, 0) is 26.0 Å². The Hall–Kier alpha value is -2.60. The fraction of sp³-hybridized carbons (Fsp3) is 0.350. The number of carbonyl (C=O) groups excluding carboxylic acids is 1. The van der Waals surface area contributed by atoms with Crippen molar-refractivity contribution in [3.63, 3.8) is 0 Å². The number of aromatic nitrogens is 3. The van der Waals surface area contributed by atoms with Crippen molar-refractivity contribution < 1.29 is 4.79 Å². The molecule has 1 fully saturated rings. The first kappa shape index (κ1) is 17.8. The van der Waals surface area contributed by atoms with Gasteiger partial charge in [0.05, 0.1) is 5.69 Å². The Labute approximate surface area is 163 Å². The van der Waals surface area contributed by atoms with Gasteiger partial charge < -0.3 is 9.80 Å². The highest BCUT2D eigenvalue weighted by atomic mass is 35.5. The Bertz CT molecular complexity index is 1000. The number of halogens is 1. The van der Waals surface area contributed by atoms with Gasteiger partial charge in [-0.15, -0.1) is 0 Å². The Morgan fingerprint density at radius 3 is 2.37 bits per heavy atom. The van der Waals surface area contributed by atoms with Crippen molar-refractivity contribution in [3.8, 4) is 11.3 Å². The van der Waals surface area contributed by atoms with Gasteiger partial charge in [-0.2, -0.15) is 9.61 Å². The van der Waals surface area contributed by atoms with Gasteiger partial charge in [-0.25, -0.2) is 4.98 Å². The first-order chi connectivity index (χ1) is 12.9. The number of aryl methyl sites for hydroxylation is 1. The predicted octanol–water partition coefficient (Wildman–Crippen LogP) is 3.34. The molecule has 0 N–H and O–H groups in total. The Balaban J connectivity index is 1.76. The van der Waals surface area contributed by atoms with E-state index in [1.54, 1.807) is 6.92 Å². The van der Waals surface area contributed by atoms with Crippen molar-refractivity contribution in [1.29, 1.82) is 0 Å². The molecule has 1 saturated heterocycles. The summed E-state index contributed by atoms with van der Waals surface area (Å²) in [6, 6.07) is 9.68. The SMILES string of the molecule is CC(=O)N1CCN(c2c(C)c(C)nc3cc(-c4ccc(Cl)cc4)nn23)CC1. The van der Waals surface area contributed by atoms with E-state index in [1.807, 2.05) is 46.7 Å². The smallest absolute Gasteiger partial charge is 0.219 e. The molecule has 0 bridgehead atoms. The van der Waals surface area contributed by atoms with Crippen LogP contribution >= 0.6 is 11.6 Å². The molecule has 2 aromatic heterocycles. The van der Waals surface area contributed by atoms with Gasteiger partial charge in [-0.1, -0.05) is 23.7 Å². The topological polar surface area (TPSA) is 53.7 Å². The Morgan fingerprint density at radius 1 is 1.07 bits per heavy atom. The highest BCUT2D eigenvalue weighted by Crippen LogP contribution is 2.28. The molecule has 3 heterocycles. The average molecular weight is 384 g/mol. The van der Waals surface area contributed by atoms with Crippen LogP contribution in [0.5, 0.6) is 0 Å². The zero-order chi connectivity index (χ0) is 19.1. The van der Waals surface area contributed by atoms with Gasteiger partial charge in [0, 0.05) is 61.0 Å². The van der Waals surface area contributed by atoms with E-state index >= 15 is 0 Å². The second-order valence-electron chi connectivity index (χ2n) is 6.95. The number of rotatable bonds is 2. The minimum Gasteiger partial charge on any atom is -0.353 e. The van der Waals surface area contributed by atoms with Gasteiger partial charge in [0.1, 0.15) is 5.82 Å². The summed E-state index contributed by atoms with van der Waals surface area (Å²) in [4.78, 5) is 20.5. The molecular weight excluding hydrogens is 362 g/mol. The Morgan fingerprint density at radius 2 is 1.74 bits per heavy atom. The van der Waals surface area contributed by atoms with Crippen LogP contribution in [0.2, 0.25) is 5.02 Å². The fourth-order valence-electron chi connectivity index (χ4n) is 3.55. The maximum atomic E-state index is 11.6. The third-order valence-electron chi connectivity index (χ3n) is 5.22. The van der Waals surface area contributed by atoms with Crippen molar-refractivity contribution >= 4 is 29.0 Å². The standard InChI is InChI=1S/C20H22ClN5O/c1-13-14(2)22-19-12-18(16-4-6-17(21)7-5-16)23-26(19)20(13)25-10-8-24(9-11-25)15(3)27/h4-7,12H,8-11H2,1-3H3. The summed E-state index contributed by atoms with van der Waals surface area (Å²) in [7, 11) is 0. The van der Waals surface area contributed by atoms with Gasteiger partial charge in [0.15, 0.2) is 5.65 Å². The molecule has 1 aliphatic heterocycles. The first-order valence-electron chi connectivity index (χ1n) is 9.07. The number of hydrogen-bond acceptors (Lipinski definition) is 4. The molecule has 1 aromatic carbocycles. The molecule has 6 nitrogen and oxygen atoms in total. The predicted molar refractivity (Wildman–Crippen MR) is 107 cm³/mol. The number of nitrogens with zero attached hydrogens (tertiary/aromatic N) is 5. The average Bonchev–Trinajstić information content (AvgIpc) is 3.06. The highest BCUT2D eigenvalue weighted by molar-refractivity contribution is 6.30. The van der Waals surface area contributed by atoms with Crippen LogP contribution in [0, 0.1) is 13.8 Å². The normalized spacial score (nSPS) is 14.8. The number of benzene rings is 1. The molecule has 0 saturated carbocycles. The van der Waals surface area contributed by atoms with Crippen molar-refractivity contribution in [1.82, 2.24) is 19.5 Å². The lowest BCUT2D eigenvalue weighted by Gasteiger charge is -2.36. The number of fused-ring (bicyclic) bond motifs is 1. The summed E-state index contributed by atoms with van der Waals surface area (Å²) < 4.78 is 1.93. The molecule has 4 rings (SSSR count). The number of anilines is 1. The molecule has 0 aliphatic carbocycles. The Kier molecular flexibility index (Phi) is 4.52. The maximum Gasteiger partial charge on any atom is 0.219 e. The van der Waals surface area contributed by atoms with Crippen LogP contribution < -0.4 is 4.90 Å². The van der Waals surface area contributed by atoms with Crippen LogP contribution in [0.1, 0.15) is 18.2 Å². The largest absolute Gasteiger partial charge is 0.353 e. The molecule has 3 aromatic rings. The lowest BCUT2D eigenvalue weighted by atomic mass is 10.1. The van der Waals surface area contributed by atoms with Crippen molar-refractivity contribution in [2.75, 3.05) is 31.1 Å². The van der Waals surface area contributed by atoms with Crippen LogP contribution in [0.3, 0.4) is 0 Å². The molecule has 1 aliphatic rings. The minimum absolute atomic E-state index is 0.131. The lowest BCUT2D eigenvalue weighted by molar-refractivity contribution is -0.129. The van der Waals surface area contributed by atoms with Crippen molar-refractivity contribution in [2.45, 2.75) is 20.8 Å². The zero-order valence-electron chi connectivity index (χ0n) is 15.7. The van der Waals surface area contributed by atoms with Crippen LogP contribution in [-0.4, -0.2) is 51.6 Å². The summed E-state index contributed by atoms with van der Waals surface area (Å²) in [5.41, 5.74) is 4.81. The maximum absolute atomic E-state index is 11.6. The van der Waals surface area contributed by atoms with E-state index < -0.39 is 0 Å². The molecule has 0 spiro atoms. The van der Waals surface area contributed by atoms with E-state index in [1.165, 1.54) is 0 Å². The van der Waals surface area contributed by atoms with Crippen LogP contribution in [0.25, 0.3) is 16.9 Å². The number of amides is 1. The van der Waals surface area contributed by atoms with E-state index in [0.29, 0.717) is 5.02 Å². The minimum atomic E-state index is 0.131. The summed E-state index contributed by atoms with van der Waals surface area (Å²) in [6.45, 7) is 8.76. The van der Waals surface area contributed by atoms with Gasteiger partial charge in [0.25, 0.3) is 0 Å². The van der Waals surface area contributed by atoms with Gasteiger partial charge in [0.2, 0.25) is 5.91 Å². The van der Waals surface area contributed by atoms with E-state index in [2.05, 4.69) is 11.8 Å². The van der Waals surface area contributed by atoms with Crippen molar-refractivity contribution in [2.24, 2.45) is 0 Å². The van der Waals surface area contributed by atoms with E-state index in [9.17, 15) is 4.79 Å². The quantitative estimate of drug-likeness (QED) is 0.681. The number of carbonyl (C=O) groups is 1. The van der Waals surface area contributed by atoms with E-state index in [0.717, 1.165) is 60.2 Å². The summed E-state index contributed by atoms with van der Waals surface area (Å²) in [5, 5.41) is 5.54. The fourth-order valence-corrected chi connectivity index (χ4v) is 3.68. The molecule has 0 radical (unpaired) electrons. The number of hydrogen-bond donors (Lipinski definition) is 0. The van der Waals surface area contributed by atoms with Crippen molar-refractivity contribution in [3.05, 3.63) is 46.6 Å². The summed E-state index contributed by atoms with van der Waals surface area (Å²) in [6.07, 6.45) is 0. The third kappa shape index (κ3) is 3.25. The molecule has 27 heavy (non-hydrogen) atoms. The zero-order valence-corrected chi connectivity index (χ0v) is 16.5. The monoisotopic (exact) mass is 383 g/mol. The third-order valence-corrected chi connectivity index (χ3v) is 5.47. The summed E-state index contributed by atoms with van der Waals surface area (Å²) >= 11 is 6.01. The van der Waals surface area contributed by atoms with Gasteiger partial charge in [-0.3, -0.25) is 4.79 Å². The molecule has 0 unspecified atom stereocenters. The molecule has 1 amide bonds. The molecular formula is C20H22ClN5O.